The van der Waals surface area contributed by atoms with Gasteiger partial charge in [-0.1, -0.05) is 23.7 Å². The minimum Gasteiger partial charge on any atom is -0.388 e. The van der Waals surface area contributed by atoms with Crippen LogP contribution in [0.25, 0.3) is 0 Å². The summed E-state index contributed by atoms with van der Waals surface area (Å²) in [5.41, 5.74) is 0.286. The van der Waals surface area contributed by atoms with E-state index in [1.807, 2.05) is 0 Å². The lowest BCUT2D eigenvalue weighted by Crippen LogP contribution is -2.05. The van der Waals surface area contributed by atoms with Crippen molar-refractivity contribution in [2.45, 2.75) is 12.5 Å². The van der Waals surface area contributed by atoms with Crippen LogP contribution in [0.3, 0.4) is 0 Å². The van der Waals surface area contributed by atoms with Crippen LogP contribution in [0.5, 0.6) is 0 Å². The SMILES string of the molecule is OC(Cc1cccc(F)c1)c1cc(F)c(Cl)cc1F. The largest absolute Gasteiger partial charge is 0.388 e. The summed E-state index contributed by atoms with van der Waals surface area (Å²) in [6.45, 7) is 0. The van der Waals surface area contributed by atoms with Gasteiger partial charge in [0.2, 0.25) is 0 Å². The van der Waals surface area contributed by atoms with E-state index in [0.717, 1.165) is 12.1 Å². The Labute approximate surface area is 113 Å². The van der Waals surface area contributed by atoms with Crippen molar-refractivity contribution in [1.29, 1.82) is 0 Å². The van der Waals surface area contributed by atoms with E-state index in [-0.39, 0.29) is 17.0 Å². The van der Waals surface area contributed by atoms with E-state index < -0.39 is 23.6 Å². The second kappa shape index (κ2) is 5.63. The van der Waals surface area contributed by atoms with Gasteiger partial charge < -0.3 is 5.11 Å². The summed E-state index contributed by atoms with van der Waals surface area (Å²) in [6, 6.07) is 7.22. The Hall–Kier alpha value is -1.52. The molecule has 0 spiro atoms. The van der Waals surface area contributed by atoms with Crippen LogP contribution in [-0.4, -0.2) is 5.11 Å². The van der Waals surface area contributed by atoms with Crippen LogP contribution in [0.4, 0.5) is 13.2 Å². The van der Waals surface area contributed by atoms with Crippen LogP contribution >= 0.6 is 11.6 Å². The molecule has 1 atom stereocenters. The Balaban J connectivity index is 2.25. The molecule has 2 aromatic rings. The van der Waals surface area contributed by atoms with Crippen LogP contribution < -0.4 is 0 Å². The smallest absolute Gasteiger partial charge is 0.142 e. The Bertz CT molecular complexity index is 601. The lowest BCUT2D eigenvalue weighted by Gasteiger charge is -2.13. The number of benzene rings is 2. The Morgan fingerprint density at radius 3 is 2.47 bits per heavy atom. The molecule has 19 heavy (non-hydrogen) atoms. The van der Waals surface area contributed by atoms with Crippen molar-refractivity contribution in [3.05, 3.63) is 70.0 Å². The molecule has 100 valence electrons. The summed E-state index contributed by atoms with van der Waals surface area (Å²) >= 11 is 5.43. The number of aliphatic hydroxyl groups excluding tert-OH is 1. The van der Waals surface area contributed by atoms with Crippen molar-refractivity contribution in [3.63, 3.8) is 0 Å². The molecule has 1 nitrogen and oxygen atoms in total. The van der Waals surface area contributed by atoms with Crippen LogP contribution in [-0.2, 0) is 6.42 Å². The molecular formula is C14H10ClF3O. The van der Waals surface area contributed by atoms with Gasteiger partial charge in [-0.15, -0.1) is 0 Å². The molecule has 0 aliphatic rings. The zero-order valence-corrected chi connectivity index (χ0v) is 10.5. The van der Waals surface area contributed by atoms with Crippen LogP contribution in [0, 0.1) is 17.5 Å². The molecule has 0 aliphatic carbocycles. The van der Waals surface area contributed by atoms with Crippen LogP contribution in [0.2, 0.25) is 5.02 Å². The van der Waals surface area contributed by atoms with Gasteiger partial charge in [0.25, 0.3) is 0 Å². The van der Waals surface area contributed by atoms with Gasteiger partial charge in [0.05, 0.1) is 11.1 Å². The fraction of sp³-hybridized carbons (Fsp3) is 0.143. The average Bonchev–Trinajstić information content (AvgIpc) is 2.33. The van der Waals surface area contributed by atoms with E-state index in [9.17, 15) is 18.3 Å². The third kappa shape index (κ3) is 3.28. The van der Waals surface area contributed by atoms with Crippen molar-refractivity contribution < 1.29 is 18.3 Å². The van der Waals surface area contributed by atoms with Crippen LogP contribution in [0.15, 0.2) is 36.4 Å². The first kappa shape index (κ1) is 13.9. The summed E-state index contributed by atoms with van der Waals surface area (Å²) in [5, 5.41) is 9.54. The fourth-order valence-corrected chi connectivity index (χ4v) is 1.94. The molecule has 0 aliphatic heterocycles. The zero-order chi connectivity index (χ0) is 14.0. The maximum atomic E-state index is 13.6. The number of hydrogen-bond donors (Lipinski definition) is 1. The first-order valence-corrected chi connectivity index (χ1v) is 5.92. The number of rotatable bonds is 3. The van der Waals surface area contributed by atoms with Gasteiger partial charge in [0.1, 0.15) is 17.5 Å². The lowest BCUT2D eigenvalue weighted by molar-refractivity contribution is 0.173. The van der Waals surface area contributed by atoms with Gasteiger partial charge in [0, 0.05) is 12.0 Å². The minimum absolute atomic E-state index is 0.0181. The summed E-state index contributed by atoms with van der Waals surface area (Å²) in [4.78, 5) is 0. The van der Waals surface area contributed by atoms with Gasteiger partial charge >= 0.3 is 0 Å². The average molecular weight is 287 g/mol. The third-order valence-corrected chi connectivity index (χ3v) is 3.01. The molecular weight excluding hydrogens is 277 g/mol. The van der Waals surface area contributed by atoms with E-state index in [1.165, 1.54) is 18.2 Å². The molecule has 0 amide bonds. The molecule has 2 aromatic carbocycles. The van der Waals surface area contributed by atoms with E-state index in [1.54, 1.807) is 6.07 Å². The number of hydrogen-bond acceptors (Lipinski definition) is 1. The summed E-state index contributed by atoms with van der Waals surface area (Å²) < 4.78 is 39.8. The van der Waals surface area contributed by atoms with Gasteiger partial charge in [-0.25, -0.2) is 13.2 Å². The molecule has 5 heteroatoms. The number of aliphatic hydroxyl groups is 1. The Morgan fingerprint density at radius 1 is 1.05 bits per heavy atom. The molecule has 0 radical (unpaired) electrons. The van der Waals surface area contributed by atoms with Crippen molar-refractivity contribution in [3.8, 4) is 0 Å². The molecule has 0 aromatic heterocycles. The predicted octanol–water partition coefficient (Wildman–Crippen LogP) is 4.03. The summed E-state index contributed by atoms with van der Waals surface area (Å²) in [5.74, 6) is -2.06. The Kier molecular flexibility index (Phi) is 4.12. The second-order valence-corrected chi connectivity index (χ2v) is 4.54. The first-order valence-electron chi connectivity index (χ1n) is 5.54. The van der Waals surface area contributed by atoms with Crippen molar-refractivity contribution in [2.75, 3.05) is 0 Å². The molecule has 0 heterocycles. The molecule has 0 saturated carbocycles. The molecule has 0 fully saturated rings. The number of halogens is 4. The molecule has 2 rings (SSSR count). The molecule has 0 bridgehead atoms. The van der Waals surface area contributed by atoms with E-state index in [4.69, 9.17) is 11.6 Å². The second-order valence-electron chi connectivity index (χ2n) is 4.14. The standard InChI is InChI=1S/C14H10ClF3O/c15-11-7-12(17)10(6-13(11)18)14(19)5-8-2-1-3-9(16)4-8/h1-4,6-7,14,19H,5H2. The quantitative estimate of drug-likeness (QED) is 0.845. The maximum absolute atomic E-state index is 13.6. The van der Waals surface area contributed by atoms with Crippen molar-refractivity contribution in [2.24, 2.45) is 0 Å². The highest BCUT2D eigenvalue weighted by atomic mass is 35.5. The van der Waals surface area contributed by atoms with Gasteiger partial charge in [-0.05, 0) is 29.8 Å². The molecule has 0 saturated heterocycles. The minimum atomic E-state index is -1.27. The van der Waals surface area contributed by atoms with Crippen molar-refractivity contribution >= 4 is 11.6 Å². The third-order valence-electron chi connectivity index (χ3n) is 2.72. The molecule has 1 N–H and O–H groups in total. The predicted molar refractivity (Wildman–Crippen MR) is 66.4 cm³/mol. The van der Waals surface area contributed by atoms with E-state index >= 15 is 0 Å². The van der Waals surface area contributed by atoms with Gasteiger partial charge in [-0.3, -0.25) is 0 Å². The highest BCUT2D eigenvalue weighted by Gasteiger charge is 2.16. The lowest BCUT2D eigenvalue weighted by atomic mass is 10.0. The highest BCUT2D eigenvalue weighted by Crippen LogP contribution is 2.26. The van der Waals surface area contributed by atoms with E-state index in [0.29, 0.717) is 5.56 Å². The van der Waals surface area contributed by atoms with Crippen LogP contribution in [0.1, 0.15) is 17.2 Å². The van der Waals surface area contributed by atoms with E-state index in [2.05, 4.69) is 0 Å². The topological polar surface area (TPSA) is 20.2 Å². The van der Waals surface area contributed by atoms with Crippen molar-refractivity contribution in [1.82, 2.24) is 0 Å². The maximum Gasteiger partial charge on any atom is 0.142 e. The normalized spacial score (nSPS) is 12.5. The van der Waals surface area contributed by atoms with Gasteiger partial charge in [0.15, 0.2) is 0 Å². The summed E-state index contributed by atoms with van der Waals surface area (Å²) in [6.07, 6.45) is -1.29. The Morgan fingerprint density at radius 2 is 1.79 bits per heavy atom. The monoisotopic (exact) mass is 286 g/mol. The molecule has 1 unspecified atom stereocenters. The first-order chi connectivity index (χ1) is 8.97. The summed E-state index contributed by atoms with van der Waals surface area (Å²) in [7, 11) is 0. The van der Waals surface area contributed by atoms with Gasteiger partial charge in [-0.2, -0.15) is 0 Å². The zero-order valence-electron chi connectivity index (χ0n) is 9.71. The highest BCUT2D eigenvalue weighted by molar-refractivity contribution is 6.30. The fourth-order valence-electron chi connectivity index (χ4n) is 1.79.